The van der Waals surface area contributed by atoms with Crippen LogP contribution >= 0.6 is 11.6 Å². The molecule has 0 radical (unpaired) electrons. The van der Waals surface area contributed by atoms with Crippen LogP contribution in [0, 0.1) is 0 Å². The number of aromatic nitrogens is 2. The third kappa shape index (κ3) is 3.76. The van der Waals surface area contributed by atoms with Gasteiger partial charge in [-0.2, -0.15) is 13.2 Å². The minimum Gasteiger partial charge on any atom is -0.344 e. The Morgan fingerprint density at radius 2 is 1.88 bits per heavy atom. The maximum Gasteiger partial charge on any atom is 0.449 e. The van der Waals surface area contributed by atoms with Crippen LogP contribution in [0.25, 0.3) is 11.0 Å². The van der Waals surface area contributed by atoms with Crippen LogP contribution in [0.2, 0.25) is 0 Å². The lowest BCUT2D eigenvalue weighted by molar-refractivity contribution is -0.144. The van der Waals surface area contributed by atoms with Crippen LogP contribution in [0.5, 0.6) is 0 Å². The molecule has 1 amide bonds. The van der Waals surface area contributed by atoms with Gasteiger partial charge in [0.2, 0.25) is 11.7 Å². The molecule has 8 heteroatoms. The quantitative estimate of drug-likeness (QED) is 0.684. The second-order valence-electron chi connectivity index (χ2n) is 5.40. The molecule has 0 aliphatic carbocycles. The van der Waals surface area contributed by atoms with Crippen LogP contribution < -0.4 is 5.32 Å². The summed E-state index contributed by atoms with van der Waals surface area (Å²) in [5, 5.41) is 2.77. The summed E-state index contributed by atoms with van der Waals surface area (Å²) in [5.41, 5.74) is 1.85. The van der Waals surface area contributed by atoms with Crippen molar-refractivity contribution in [1.82, 2.24) is 15.3 Å². The summed E-state index contributed by atoms with van der Waals surface area (Å²) in [6.07, 6.45) is -4.55. The highest BCUT2D eigenvalue weighted by molar-refractivity contribution is 6.27. The summed E-state index contributed by atoms with van der Waals surface area (Å²) in [7, 11) is 0. The van der Waals surface area contributed by atoms with Gasteiger partial charge in [0.15, 0.2) is 0 Å². The Hall–Kier alpha value is -2.54. The van der Waals surface area contributed by atoms with Crippen LogP contribution in [0.3, 0.4) is 0 Å². The molecule has 0 aliphatic rings. The van der Waals surface area contributed by atoms with E-state index in [2.05, 4.69) is 15.3 Å². The number of benzene rings is 2. The molecule has 0 fully saturated rings. The SMILES string of the molecule is O=C(CCl)N[C@@H](c1ccccc1)c1ccc2nc(C(F)(F)F)[nH]c2c1. The molecule has 1 atom stereocenters. The number of carbonyl (C=O) groups is 1. The van der Waals surface area contributed by atoms with Gasteiger partial charge in [-0.15, -0.1) is 11.6 Å². The number of fused-ring (bicyclic) bond motifs is 1. The molecule has 3 rings (SSSR count). The summed E-state index contributed by atoms with van der Waals surface area (Å²) in [5.74, 6) is -1.65. The lowest BCUT2D eigenvalue weighted by Gasteiger charge is -2.19. The first-order chi connectivity index (χ1) is 11.9. The van der Waals surface area contributed by atoms with Gasteiger partial charge in [-0.3, -0.25) is 4.79 Å². The van der Waals surface area contributed by atoms with Crippen molar-refractivity contribution in [2.45, 2.75) is 12.2 Å². The molecule has 2 N–H and O–H groups in total. The van der Waals surface area contributed by atoms with E-state index in [-0.39, 0.29) is 22.8 Å². The van der Waals surface area contributed by atoms with E-state index >= 15 is 0 Å². The summed E-state index contributed by atoms with van der Waals surface area (Å²) < 4.78 is 38.4. The first-order valence-corrected chi connectivity index (χ1v) is 7.89. The van der Waals surface area contributed by atoms with Gasteiger partial charge < -0.3 is 10.3 Å². The number of alkyl halides is 4. The van der Waals surface area contributed by atoms with Crippen LogP contribution in [0.4, 0.5) is 13.2 Å². The molecule has 25 heavy (non-hydrogen) atoms. The van der Waals surface area contributed by atoms with Crippen molar-refractivity contribution in [3.05, 3.63) is 65.5 Å². The fourth-order valence-electron chi connectivity index (χ4n) is 2.55. The maximum absolute atomic E-state index is 12.8. The molecule has 0 bridgehead atoms. The summed E-state index contributed by atoms with van der Waals surface area (Å²) in [6.45, 7) is 0. The second-order valence-corrected chi connectivity index (χ2v) is 5.67. The van der Waals surface area contributed by atoms with Crippen LogP contribution in [-0.2, 0) is 11.0 Å². The van der Waals surface area contributed by atoms with Gasteiger partial charge in [-0.1, -0.05) is 36.4 Å². The normalized spacial score (nSPS) is 13.0. The Bertz CT molecular complexity index is 893. The van der Waals surface area contributed by atoms with Crippen molar-refractivity contribution in [2.75, 3.05) is 5.88 Å². The zero-order chi connectivity index (χ0) is 18.0. The minimum absolute atomic E-state index is 0.201. The Kier molecular flexibility index (Phi) is 4.67. The van der Waals surface area contributed by atoms with E-state index in [1.807, 2.05) is 30.3 Å². The average molecular weight is 368 g/mol. The zero-order valence-electron chi connectivity index (χ0n) is 12.8. The molecule has 0 saturated heterocycles. The Morgan fingerprint density at radius 1 is 1.16 bits per heavy atom. The number of hydrogen-bond acceptors (Lipinski definition) is 2. The summed E-state index contributed by atoms with van der Waals surface area (Å²) in [4.78, 5) is 17.6. The van der Waals surface area contributed by atoms with Gasteiger partial charge in [0.1, 0.15) is 5.88 Å². The first kappa shape index (κ1) is 17.3. The Balaban J connectivity index is 2.04. The molecule has 130 valence electrons. The van der Waals surface area contributed by atoms with Gasteiger partial charge in [0, 0.05) is 0 Å². The Labute approximate surface area is 146 Å². The lowest BCUT2D eigenvalue weighted by atomic mass is 9.98. The number of imidazole rings is 1. The van der Waals surface area contributed by atoms with Crippen molar-refractivity contribution < 1.29 is 18.0 Å². The van der Waals surface area contributed by atoms with E-state index in [0.29, 0.717) is 5.56 Å². The predicted octanol–water partition coefficient (Wildman–Crippen LogP) is 4.03. The fourth-order valence-corrected chi connectivity index (χ4v) is 2.62. The van der Waals surface area contributed by atoms with Crippen LogP contribution in [-0.4, -0.2) is 21.8 Å². The van der Waals surface area contributed by atoms with Gasteiger partial charge in [0.25, 0.3) is 0 Å². The van der Waals surface area contributed by atoms with Crippen molar-refractivity contribution in [3.8, 4) is 0 Å². The zero-order valence-corrected chi connectivity index (χ0v) is 13.5. The predicted molar refractivity (Wildman–Crippen MR) is 88.2 cm³/mol. The number of hydrogen-bond donors (Lipinski definition) is 2. The smallest absolute Gasteiger partial charge is 0.344 e. The number of amides is 1. The highest BCUT2D eigenvalue weighted by Crippen LogP contribution is 2.30. The molecule has 0 unspecified atom stereocenters. The van der Waals surface area contributed by atoms with E-state index in [1.54, 1.807) is 12.1 Å². The molecule has 1 aromatic heterocycles. The third-order valence-corrected chi connectivity index (χ3v) is 3.91. The summed E-state index contributed by atoms with van der Waals surface area (Å²) in [6, 6.07) is 13.2. The average Bonchev–Trinajstić information content (AvgIpc) is 3.03. The minimum atomic E-state index is -4.55. The van der Waals surface area contributed by atoms with Crippen molar-refractivity contribution in [2.24, 2.45) is 0 Å². The molecule has 2 aromatic carbocycles. The van der Waals surface area contributed by atoms with Gasteiger partial charge in [-0.05, 0) is 23.3 Å². The number of nitrogens with one attached hydrogen (secondary N) is 2. The number of halogens is 4. The molecule has 4 nitrogen and oxygen atoms in total. The number of nitrogens with zero attached hydrogens (tertiary/aromatic N) is 1. The third-order valence-electron chi connectivity index (χ3n) is 3.67. The number of rotatable bonds is 4. The van der Waals surface area contributed by atoms with Gasteiger partial charge in [0.05, 0.1) is 17.1 Å². The van der Waals surface area contributed by atoms with E-state index < -0.39 is 18.0 Å². The monoisotopic (exact) mass is 367 g/mol. The molecular weight excluding hydrogens is 355 g/mol. The molecule has 1 heterocycles. The topological polar surface area (TPSA) is 57.8 Å². The lowest BCUT2D eigenvalue weighted by Crippen LogP contribution is -2.30. The van der Waals surface area contributed by atoms with Crippen LogP contribution in [0.15, 0.2) is 48.5 Å². The van der Waals surface area contributed by atoms with E-state index in [4.69, 9.17) is 11.6 Å². The Morgan fingerprint density at radius 3 is 2.52 bits per heavy atom. The number of H-pyrrole nitrogens is 1. The molecule has 0 saturated carbocycles. The summed E-state index contributed by atoms with van der Waals surface area (Å²) >= 11 is 5.57. The van der Waals surface area contributed by atoms with E-state index in [9.17, 15) is 18.0 Å². The van der Waals surface area contributed by atoms with Crippen molar-refractivity contribution >= 4 is 28.5 Å². The van der Waals surface area contributed by atoms with Crippen molar-refractivity contribution in [1.29, 1.82) is 0 Å². The van der Waals surface area contributed by atoms with Gasteiger partial charge >= 0.3 is 6.18 Å². The molecule has 0 aliphatic heterocycles. The van der Waals surface area contributed by atoms with E-state index in [0.717, 1.165) is 5.56 Å². The molecular formula is C17H13ClF3N3O. The molecule has 3 aromatic rings. The fraction of sp³-hybridized carbons (Fsp3) is 0.176. The maximum atomic E-state index is 12.8. The van der Waals surface area contributed by atoms with Gasteiger partial charge in [-0.25, -0.2) is 4.98 Å². The molecule has 0 spiro atoms. The van der Waals surface area contributed by atoms with Crippen molar-refractivity contribution in [3.63, 3.8) is 0 Å². The number of aromatic amines is 1. The highest BCUT2D eigenvalue weighted by Gasteiger charge is 2.34. The first-order valence-electron chi connectivity index (χ1n) is 7.35. The second kappa shape index (κ2) is 6.76. The largest absolute Gasteiger partial charge is 0.449 e. The number of carbonyl (C=O) groups excluding carboxylic acids is 1. The van der Waals surface area contributed by atoms with E-state index in [1.165, 1.54) is 6.07 Å². The standard InChI is InChI=1S/C17H13ClF3N3O/c18-9-14(25)24-15(10-4-2-1-3-5-10)11-6-7-12-13(8-11)23-16(22-12)17(19,20)21/h1-8,15H,9H2,(H,22,23)(H,24,25)/t15-/m0/s1. The van der Waals surface area contributed by atoms with Crippen LogP contribution in [0.1, 0.15) is 23.0 Å². The highest BCUT2D eigenvalue weighted by atomic mass is 35.5.